The Balaban J connectivity index is 3.38. The van der Waals surface area contributed by atoms with Crippen molar-refractivity contribution in [3.63, 3.8) is 0 Å². The molecule has 1 rings (SSSR count). The molecule has 0 aromatic heterocycles. The molecule has 0 spiro atoms. The molecular formula is C13H20ClNO. The summed E-state index contributed by atoms with van der Waals surface area (Å²) in [7, 11) is 0. The van der Waals surface area contributed by atoms with Gasteiger partial charge in [-0.15, -0.1) is 0 Å². The van der Waals surface area contributed by atoms with Crippen molar-refractivity contribution < 1.29 is 5.11 Å². The van der Waals surface area contributed by atoms with Crippen molar-refractivity contribution >= 4 is 11.6 Å². The highest BCUT2D eigenvalue weighted by molar-refractivity contribution is 6.30. The molecule has 16 heavy (non-hydrogen) atoms. The smallest absolute Gasteiger partial charge is 0.122 e. The summed E-state index contributed by atoms with van der Waals surface area (Å²) < 4.78 is 0. The van der Waals surface area contributed by atoms with Crippen LogP contribution >= 0.6 is 11.6 Å². The van der Waals surface area contributed by atoms with Crippen LogP contribution < -0.4 is 5.73 Å². The van der Waals surface area contributed by atoms with E-state index in [1.54, 1.807) is 6.07 Å². The van der Waals surface area contributed by atoms with Crippen molar-refractivity contribution in [3.05, 3.63) is 28.3 Å². The lowest BCUT2D eigenvalue weighted by Crippen LogP contribution is -2.14. The van der Waals surface area contributed by atoms with Gasteiger partial charge in [0.05, 0.1) is 0 Å². The lowest BCUT2D eigenvalue weighted by atomic mass is 9.83. The molecule has 1 aromatic carbocycles. The highest BCUT2D eigenvalue weighted by Gasteiger charge is 2.22. The van der Waals surface area contributed by atoms with Crippen LogP contribution in [-0.2, 0) is 5.41 Å². The number of benzene rings is 1. The fourth-order valence-electron chi connectivity index (χ4n) is 1.69. The number of halogens is 1. The zero-order valence-corrected chi connectivity index (χ0v) is 11.1. The van der Waals surface area contributed by atoms with E-state index in [4.69, 9.17) is 17.3 Å². The molecule has 0 radical (unpaired) electrons. The van der Waals surface area contributed by atoms with Crippen molar-refractivity contribution in [3.8, 4) is 5.75 Å². The second kappa shape index (κ2) is 4.64. The summed E-state index contributed by atoms with van der Waals surface area (Å²) in [5.41, 5.74) is 7.20. The van der Waals surface area contributed by atoms with Crippen molar-refractivity contribution in [1.82, 2.24) is 0 Å². The Morgan fingerprint density at radius 1 is 1.38 bits per heavy atom. The number of aromatic hydroxyl groups is 1. The van der Waals surface area contributed by atoms with Crippen LogP contribution in [0.1, 0.15) is 44.7 Å². The van der Waals surface area contributed by atoms with E-state index in [1.165, 1.54) is 0 Å². The Labute approximate surface area is 102 Å². The number of nitrogens with two attached hydrogens (primary N) is 1. The predicted octanol–water partition coefficient (Wildman–Crippen LogP) is 3.41. The number of rotatable bonds is 2. The third-order valence-electron chi connectivity index (χ3n) is 2.80. The molecule has 1 atom stereocenters. The number of hydrogen-bond donors (Lipinski definition) is 2. The summed E-state index contributed by atoms with van der Waals surface area (Å²) in [5, 5.41) is 10.9. The van der Waals surface area contributed by atoms with E-state index in [9.17, 15) is 5.11 Å². The topological polar surface area (TPSA) is 46.2 Å². The first kappa shape index (κ1) is 13.3. The molecule has 90 valence electrons. The van der Waals surface area contributed by atoms with Gasteiger partial charge in [-0.2, -0.15) is 0 Å². The second-order valence-corrected chi connectivity index (χ2v) is 5.71. The van der Waals surface area contributed by atoms with Crippen molar-refractivity contribution in [1.29, 1.82) is 0 Å². The largest absolute Gasteiger partial charge is 0.507 e. The van der Waals surface area contributed by atoms with Crippen LogP contribution in [0.3, 0.4) is 0 Å². The van der Waals surface area contributed by atoms with Gasteiger partial charge in [0.1, 0.15) is 5.75 Å². The summed E-state index contributed by atoms with van der Waals surface area (Å²) in [5.74, 6) is 0.439. The summed E-state index contributed by atoms with van der Waals surface area (Å²) in [6, 6.07) is 3.62. The van der Waals surface area contributed by atoms with Crippen molar-refractivity contribution in [2.24, 2.45) is 5.73 Å². The van der Waals surface area contributed by atoms with E-state index >= 15 is 0 Å². The molecule has 1 aromatic rings. The van der Waals surface area contributed by atoms with Gasteiger partial charge in [-0.05, 0) is 35.6 Å². The lowest BCUT2D eigenvalue weighted by molar-refractivity contribution is 0.436. The van der Waals surface area contributed by atoms with Gasteiger partial charge in [-0.1, -0.05) is 39.3 Å². The van der Waals surface area contributed by atoms with Gasteiger partial charge < -0.3 is 10.8 Å². The Bertz CT molecular complexity index is 382. The summed E-state index contributed by atoms with van der Waals surface area (Å²) in [6.07, 6.45) is 0. The number of phenolic OH excluding ortho intramolecular Hbond substituents is 1. The Morgan fingerprint density at radius 3 is 2.38 bits per heavy atom. The molecule has 0 aliphatic carbocycles. The molecular weight excluding hydrogens is 222 g/mol. The highest BCUT2D eigenvalue weighted by Crippen LogP contribution is 2.38. The SMILES string of the molecule is CC(CN)c1cc(Cl)cc(C(C)(C)C)c1O. The molecule has 0 bridgehead atoms. The fourth-order valence-corrected chi connectivity index (χ4v) is 1.92. The standard InChI is InChI=1S/C13H20ClNO/c1-8(7-15)10-5-9(14)6-11(12(10)16)13(2,3)4/h5-6,8,16H,7,15H2,1-4H3. The predicted molar refractivity (Wildman–Crippen MR) is 69.3 cm³/mol. The maximum atomic E-state index is 10.2. The van der Waals surface area contributed by atoms with Crippen molar-refractivity contribution in [2.45, 2.75) is 39.0 Å². The van der Waals surface area contributed by atoms with Gasteiger partial charge >= 0.3 is 0 Å². The summed E-state index contributed by atoms with van der Waals surface area (Å²) in [6.45, 7) is 8.63. The van der Waals surface area contributed by atoms with E-state index in [0.717, 1.165) is 11.1 Å². The van der Waals surface area contributed by atoms with E-state index < -0.39 is 0 Å². The molecule has 0 amide bonds. The molecule has 0 saturated carbocycles. The average Bonchev–Trinajstić information content (AvgIpc) is 2.18. The van der Waals surface area contributed by atoms with Gasteiger partial charge in [0.15, 0.2) is 0 Å². The number of hydrogen-bond acceptors (Lipinski definition) is 2. The van der Waals surface area contributed by atoms with Crippen LogP contribution in [0.5, 0.6) is 5.75 Å². The normalized spacial score (nSPS) is 13.9. The maximum absolute atomic E-state index is 10.2. The van der Waals surface area contributed by atoms with E-state index in [1.807, 2.05) is 13.0 Å². The van der Waals surface area contributed by atoms with Gasteiger partial charge in [-0.25, -0.2) is 0 Å². The summed E-state index contributed by atoms with van der Waals surface area (Å²) in [4.78, 5) is 0. The van der Waals surface area contributed by atoms with Crippen LogP contribution in [0.2, 0.25) is 5.02 Å². The molecule has 2 nitrogen and oxygen atoms in total. The van der Waals surface area contributed by atoms with Crippen LogP contribution in [0.4, 0.5) is 0 Å². The van der Waals surface area contributed by atoms with Crippen LogP contribution in [0.25, 0.3) is 0 Å². The third-order valence-corrected chi connectivity index (χ3v) is 3.01. The van der Waals surface area contributed by atoms with Gasteiger partial charge in [0.2, 0.25) is 0 Å². The quantitative estimate of drug-likeness (QED) is 0.834. The van der Waals surface area contributed by atoms with Crippen LogP contribution in [0, 0.1) is 0 Å². The number of phenols is 1. The Kier molecular flexibility index (Phi) is 3.87. The van der Waals surface area contributed by atoms with Crippen molar-refractivity contribution in [2.75, 3.05) is 6.54 Å². The highest BCUT2D eigenvalue weighted by atomic mass is 35.5. The Morgan fingerprint density at radius 2 is 1.94 bits per heavy atom. The molecule has 3 N–H and O–H groups in total. The van der Waals surface area contributed by atoms with Gasteiger partial charge in [-0.3, -0.25) is 0 Å². The average molecular weight is 242 g/mol. The first-order valence-corrected chi connectivity index (χ1v) is 5.88. The second-order valence-electron chi connectivity index (χ2n) is 5.28. The molecule has 0 aliphatic rings. The minimum atomic E-state index is -0.127. The zero-order chi connectivity index (χ0) is 12.5. The molecule has 0 fully saturated rings. The molecule has 1 unspecified atom stereocenters. The molecule has 0 aliphatic heterocycles. The first-order valence-electron chi connectivity index (χ1n) is 5.50. The Hall–Kier alpha value is -0.730. The molecule has 0 heterocycles. The van der Waals surface area contributed by atoms with Crippen LogP contribution in [-0.4, -0.2) is 11.7 Å². The third kappa shape index (κ3) is 2.69. The van der Waals surface area contributed by atoms with E-state index in [-0.39, 0.29) is 11.3 Å². The zero-order valence-electron chi connectivity index (χ0n) is 10.3. The molecule has 3 heteroatoms. The first-order chi connectivity index (χ1) is 7.27. The van der Waals surface area contributed by atoms with E-state index in [0.29, 0.717) is 17.3 Å². The molecule has 0 saturated heterocycles. The maximum Gasteiger partial charge on any atom is 0.122 e. The van der Waals surface area contributed by atoms with Gasteiger partial charge in [0, 0.05) is 10.6 Å². The fraction of sp³-hybridized carbons (Fsp3) is 0.538. The lowest BCUT2D eigenvalue weighted by Gasteiger charge is -2.24. The van der Waals surface area contributed by atoms with Gasteiger partial charge in [0.25, 0.3) is 0 Å². The summed E-state index contributed by atoms with van der Waals surface area (Å²) >= 11 is 6.08. The minimum absolute atomic E-state index is 0.111. The monoisotopic (exact) mass is 241 g/mol. The van der Waals surface area contributed by atoms with Crippen LogP contribution in [0.15, 0.2) is 12.1 Å². The minimum Gasteiger partial charge on any atom is -0.507 e. The van der Waals surface area contributed by atoms with E-state index in [2.05, 4.69) is 20.8 Å².